The SMILES string of the molecule is C=[C-]c1ccn2c(C)c(-c3ccccc3-c3ccc(/C=C/C)cc3F)nc2c1.[CH2-]CN(C[CH2-])C(=O)OC(C)(C)C.[Li+]. The number of carbonyl (C=O) groups is 1. The number of imidazole rings is 1. The van der Waals surface area contributed by atoms with Crippen molar-refractivity contribution in [1.82, 2.24) is 14.3 Å². The molecule has 0 saturated heterocycles. The van der Waals surface area contributed by atoms with E-state index in [9.17, 15) is 9.18 Å². The van der Waals surface area contributed by atoms with Gasteiger partial charge >= 0.3 is 25.0 Å². The fourth-order valence-corrected chi connectivity index (χ4v) is 4.12. The van der Waals surface area contributed by atoms with Gasteiger partial charge < -0.3 is 27.9 Å². The maximum atomic E-state index is 14.9. The third-order valence-electron chi connectivity index (χ3n) is 6.09. The number of carbonyl (C=O) groups excluding carboxylic acids is 1. The summed E-state index contributed by atoms with van der Waals surface area (Å²) in [4.78, 5) is 17.5. The number of rotatable bonds is 6. The van der Waals surface area contributed by atoms with E-state index in [-0.39, 0.29) is 30.8 Å². The molecule has 2 heterocycles. The Morgan fingerprint density at radius 3 is 2.32 bits per heavy atom. The van der Waals surface area contributed by atoms with Crippen molar-refractivity contribution in [3.8, 4) is 22.4 Å². The van der Waals surface area contributed by atoms with Crippen molar-refractivity contribution < 1.29 is 32.8 Å². The first kappa shape index (κ1) is 33.6. The molecule has 210 valence electrons. The number of aromatic nitrogens is 2. The molecule has 0 spiro atoms. The summed E-state index contributed by atoms with van der Waals surface area (Å²) in [6, 6.07) is 17.0. The molecule has 4 rings (SSSR count). The van der Waals surface area contributed by atoms with E-state index in [4.69, 9.17) is 9.72 Å². The number of amides is 1. The molecular formula is C34H37FLiN3O2-2. The van der Waals surface area contributed by atoms with Crippen LogP contribution in [0.2, 0.25) is 0 Å². The van der Waals surface area contributed by atoms with Crippen molar-refractivity contribution in [1.29, 1.82) is 0 Å². The summed E-state index contributed by atoms with van der Waals surface area (Å²) >= 11 is 0. The molecular weight excluding hydrogens is 508 g/mol. The minimum absolute atomic E-state index is 0. The molecule has 0 aliphatic rings. The number of nitrogens with zero attached hydrogens (tertiary/aromatic N) is 3. The molecule has 0 saturated carbocycles. The minimum Gasteiger partial charge on any atom is -0.444 e. The van der Waals surface area contributed by atoms with Gasteiger partial charge in [0.2, 0.25) is 0 Å². The number of fused-ring (bicyclic) bond motifs is 1. The number of aryl methyl sites for hydroxylation is 1. The van der Waals surface area contributed by atoms with E-state index in [0.29, 0.717) is 18.7 Å². The number of hydrogen-bond donors (Lipinski definition) is 0. The van der Waals surface area contributed by atoms with Gasteiger partial charge in [0.05, 0.1) is 11.3 Å². The quantitative estimate of drug-likeness (QED) is 0.241. The summed E-state index contributed by atoms with van der Waals surface area (Å²) in [5.41, 5.74) is 6.26. The zero-order chi connectivity index (χ0) is 29.4. The van der Waals surface area contributed by atoms with Gasteiger partial charge in [-0.15, -0.1) is 25.2 Å². The average Bonchev–Trinajstić information content (AvgIpc) is 3.24. The molecule has 0 aliphatic carbocycles. The first-order valence-electron chi connectivity index (χ1n) is 13.1. The molecule has 0 fully saturated rings. The molecule has 2 aromatic carbocycles. The maximum Gasteiger partial charge on any atom is 1.00 e. The monoisotopic (exact) mass is 545 g/mol. The average molecular weight is 546 g/mol. The molecule has 4 aromatic rings. The van der Waals surface area contributed by atoms with Gasteiger partial charge in [-0.2, -0.15) is 18.2 Å². The molecule has 0 bridgehead atoms. The molecule has 0 aliphatic heterocycles. The summed E-state index contributed by atoms with van der Waals surface area (Å²) < 4.78 is 22.0. The largest absolute Gasteiger partial charge is 1.00 e. The second kappa shape index (κ2) is 14.9. The van der Waals surface area contributed by atoms with Crippen LogP contribution in [0.25, 0.3) is 34.1 Å². The van der Waals surface area contributed by atoms with Crippen LogP contribution in [0.4, 0.5) is 9.18 Å². The predicted octanol–water partition coefficient (Wildman–Crippen LogP) is 5.38. The number of halogens is 1. The topological polar surface area (TPSA) is 46.8 Å². The molecule has 7 heteroatoms. The number of hydrogen-bond acceptors (Lipinski definition) is 3. The van der Waals surface area contributed by atoms with Gasteiger partial charge in [-0.25, -0.2) is 14.2 Å². The molecule has 41 heavy (non-hydrogen) atoms. The van der Waals surface area contributed by atoms with E-state index < -0.39 is 5.60 Å². The Morgan fingerprint density at radius 2 is 1.76 bits per heavy atom. The number of ether oxygens (including phenoxy) is 1. The summed E-state index contributed by atoms with van der Waals surface area (Å²) in [6.07, 6.45) is 8.29. The van der Waals surface area contributed by atoms with E-state index in [0.717, 1.165) is 39.3 Å². The Hall–Kier alpha value is -3.59. The van der Waals surface area contributed by atoms with Crippen LogP contribution in [0.1, 0.15) is 44.5 Å². The van der Waals surface area contributed by atoms with Crippen LogP contribution in [0.5, 0.6) is 0 Å². The van der Waals surface area contributed by atoms with Crippen molar-refractivity contribution in [3.63, 3.8) is 0 Å². The van der Waals surface area contributed by atoms with Gasteiger partial charge in [-0.05, 0) is 58.0 Å². The molecule has 0 atom stereocenters. The Labute approximate surface area is 255 Å². The van der Waals surface area contributed by atoms with Gasteiger partial charge in [-0.3, -0.25) is 0 Å². The van der Waals surface area contributed by atoms with Gasteiger partial charge in [0.1, 0.15) is 11.4 Å². The molecule has 0 N–H and O–H groups in total. The first-order valence-corrected chi connectivity index (χ1v) is 13.1. The summed E-state index contributed by atoms with van der Waals surface area (Å²) in [6.45, 7) is 21.1. The molecule has 0 radical (unpaired) electrons. The van der Waals surface area contributed by atoms with E-state index in [2.05, 4.69) is 26.5 Å². The fraction of sp³-hybridized carbons (Fsp3) is 0.235. The van der Waals surface area contributed by atoms with E-state index in [1.165, 1.54) is 4.90 Å². The van der Waals surface area contributed by atoms with Crippen molar-refractivity contribution in [2.24, 2.45) is 0 Å². The maximum absolute atomic E-state index is 14.9. The van der Waals surface area contributed by atoms with Crippen molar-refractivity contribution in [2.45, 2.75) is 40.2 Å². The Morgan fingerprint density at radius 1 is 1.10 bits per heavy atom. The third-order valence-corrected chi connectivity index (χ3v) is 6.09. The normalized spacial score (nSPS) is 11.0. The van der Waals surface area contributed by atoms with E-state index >= 15 is 0 Å². The summed E-state index contributed by atoms with van der Waals surface area (Å²) in [7, 11) is 0. The van der Waals surface area contributed by atoms with E-state index in [1.807, 2.05) is 106 Å². The molecule has 0 unspecified atom stereocenters. The van der Waals surface area contributed by atoms with Crippen molar-refractivity contribution in [3.05, 3.63) is 116 Å². The third kappa shape index (κ3) is 8.45. The number of allylic oxidation sites excluding steroid dienone is 1. The fourth-order valence-electron chi connectivity index (χ4n) is 4.12. The van der Waals surface area contributed by atoms with E-state index in [1.54, 1.807) is 6.07 Å². The zero-order valence-electron chi connectivity index (χ0n) is 25.0. The van der Waals surface area contributed by atoms with Gasteiger partial charge in [0, 0.05) is 16.8 Å². The van der Waals surface area contributed by atoms with Gasteiger partial charge in [0.25, 0.3) is 0 Å². The van der Waals surface area contributed by atoms with Gasteiger partial charge in [-0.1, -0.05) is 48.6 Å². The second-order valence-electron chi connectivity index (χ2n) is 10.1. The van der Waals surface area contributed by atoms with Crippen LogP contribution >= 0.6 is 0 Å². The molecule has 5 nitrogen and oxygen atoms in total. The van der Waals surface area contributed by atoms with Crippen LogP contribution in [0, 0.1) is 32.7 Å². The Bertz CT molecular complexity index is 1510. The standard InChI is InChI=1S/C25H20FN2.C9H17NO2.Li/c1-4-8-19-11-12-21(23(26)15-19)20-9-6-7-10-22(20)25-17(3)28-14-13-18(5-2)16-24(28)27-25;1-6-10(7-2)8(11)12-9(3,4)5;/h4,6-16H,2H2,1,3H3;1-2,6-7H2,3-5H3;/q-1;-2;+1/b8-4+;;. The summed E-state index contributed by atoms with van der Waals surface area (Å²) in [5, 5.41) is 0. The first-order chi connectivity index (χ1) is 19.0. The number of benzene rings is 2. The number of pyridine rings is 1. The van der Waals surface area contributed by atoms with Crippen molar-refractivity contribution >= 4 is 17.8 Å². The van der Waals surface area contributed by atoms with Crippen molar-refractivity contribution in [2.75, 3.05) is 13.1 Å². The van der Waals surface area contributed by atoms with Gasteiger partial charge in [0.15, 0.2) is 0 Å². The van der Waals surface area contributed by atoms with Crippen LogP contribution in [0.15, 0.2) is 73.4 Å². The van der Waals surface area contributed by atoms with Crippen LogP contribution < -0.4 is 18.9 Å². The van der Waals surface area contributed by atoms with Crippen LogP contribution in [-0.4, -0.2) is 39.1 Å². The molecule has 2 aromatic heterocycles. The van der Waals surface area contributed by atoms with Crippen LogP contribution in [-0.2, 0) is 4.74 Å². The minimum atomic E-state index is -0.445. The smallest absolute Gasteiger partial charge is 0.444 e. The second-order valence-corrected chi connectivity index (χ2v) is 10.1. The summed E-state index contributed by atoms with van der Waals surface area (Å²) in [5.74, 6) is -0.243. The zero-order valence-corrected chi connectivity index (χ0v) is 25.0. The Balaban J connectivity index is 0.000000387. The Kier molecular flexibility index (Phi) is 12.2. The predicted molar refractivity (Wildman–Crippen MR) is 162 cm³/mol. The van der Waals surface area contributed by atoms with Crippen LogP contribution in [0.3, 0.4) is 0 Å². The molecule has 1 amide bonds.